The highest BCUT2D eigenvalue weighted by molar-refractivity contribution is 8.07. The molecule has 0 aromatic heterocycles. The van der Waals surface area contributed by atoms with Gasteiger partial charge in [-0.3, -0.25) is 11.3 Å². The zero-order chi connectivity index (χ0) is 14.8. The van der Waals surface area contributed by atoms with Crippen LogP contribution < -0.4 is 11.3 Å². The number of thioether (sulfide) groups is 2. The Morgan fingerprint density at radius 1 is 1.19 bits per heavy atom. The molecule has 21 heavy (non-hydrogen) atoms. The molecule has 0 bridgehead atoms. The van der Waals surface area contributed by atoms with E-state index in [0.717, 1.165) is 11.2 Å². The summed E-state index contributed by atoms with van der Waals surface area (Å²) in [5.74, 6) is 7.92. The van der Waals surface area contributed by atoms with E-state index >= 15 is 0 Å². The molecule has 3 rings (SSSR count). The lowest BCUT2D eigenvalue weighted by molar-refractivity contribution is 0.411. The fraction of sp³-hybridized carbons (Fsp3) is 0.647. The number of benzene rings is 1. The van der Waals surface area contributed by atoms with Crippen LogP contribution in [0.15, 0.2) is 24.3 Å². The quantitative estimate of drug-likeness (QED) is 0.647. The molecule has 0 amide bonds. The summed E-state index contributed by atoms with van der Waals surface area (Å²) in [7, 11) is 0. The number of hydrazine groups is 1. The van der Waals surface area contributed by atoms with Crippen LogP contribution in [0.25, 0.3) is 0 Å². The predicted octanol–water partition coefficient (Wildman–Crippen LogP) is 4.08. The van der Waals surface area contributed by atoms with Crippen molar-refractivity contribution >= 4 is 23.5 Å². The van der Waals surface area contributed by atoms with Crippen LogP contribution in [0.2, 0.25) is 0 Å². The fourth-order valence-electron chi connectivity index (χ4n) is 3.27. The predicted molar refractivity (Wildman–Crippen MR) is 95.9 cm³/mol. The fourth-order valence-corrected chi connectivity index (χ4v) is 6.35. The van der Waals surface area contributed by atoms with Gasteiger partial charge in [-0.2, -0.15) is 23.5 Å². The molecule has 116 valence electrons. The van der Waals surface area contributed by atoms with Crippen LogP contribution in [0.5, 0.6) is 0 Å². The highest BCUT2D eigenvalue weighted by Gasteiger charge is 2.34. The van der Waals surface area contributed by atoms with Crippen LogP contribution >= 0.6 is 23.5 Å². The Bertz CT molecular complexity index is 476. The molecule has 1 aliphatic carbocycles. The van der Waals surface area contributed by atoms with E-state index in [9.17, 15) is 0 Å². The summed E-state index contributed by atoms with van der Waals surface area (Å²) >= 11 is 4.19. The molecule has 1 aromatic carbocycles. The Balaban J connectivity index is 1.83. The van der Waals surface area contributed by atoms with Crippen molar-refractivity contribution in [3.8, 4) is 0 Å². The normalized spacial score (nSPS) is 31.7. The smallest absolute Gasteiger partial charge is 0.0589 e. The van der Waals surface area contributed by atoms with E-state index in [1.807, 2.05) is 0 Å². The second-order valence-electron chi connectivity index (χ2n) is 6.32. The summed E-state index contributed by atoms with van der Waals surface area (Å²) in [5, 5.41) is 2.00. The van der Waals surface area contributed by atoms with E-state index in [4.69, 9.17) is 5.84 Å². The van der Waals surface area contributed by atoms with Gasteiger partial charge in [-0.05, 0) is 29.9 Å². The minimum absolute atomic E-state index is 0.272. The summed E-state index contributed by atoms with van der Waals surface area (Å²) in [6.07, 6.45) is 4.06. The minimum Gasteiger partial charge on any atom is -0.271 e. The van der Waals surface area contributed by atoms with Crippen molar-refractivity contribution < 1.29 is 0 Å². The zero-order valence-electron chi connectivity index (χ0n) is 12.9. The average Bonchev–Trinajstić information content (AvgIpc) is 2.43. The van der Waals surface area contributed by atoms with E-state index in [0.29, 0.717) is 10.5 Å². The van der Waals surface area contributed by atoms with Gasteiger partial charge >= 0.3 is 0 Å². The summed E-state index contributed by atoms with van der Waals surface area (Å²) in [4.78, 5) is 0. The molecular weight excluding hydrogens is 296 g/mol. The van der Waals surface area contributed by atoms with Gasteiger partial charge in [0.05, 0.1) is 6.04 Å². The molecule has 0 radical (unpaired) electrons. The first kappa shape index (κ1) is 15.7. The standard InChI is InChI=1S/C17H26N2S2/c1-11-12(2)21-16(10-20-11)17(19-18)15-9-4-3-8-14(15)13-6-5-7-13/h3-4,8-9,11-13,16-17,19H,5-7,10,18H2,1-2H3. The monoisotopic (exact) mass is 322 g/mol. The molecule has 1 saturated heterocycles. The van der Waals surface area contributed by atoms with E-state index in [1.54, 1.807) is 0 Å². The van der Waals surface area contributed by atoms with Gasteiger partial charge in [0.2, 0.25) is 0 Å². The van der Waals surface area contributed by atoms with E-state index in [2.05, 4.69) is 67.1 Å². The van der Waals surface area contributed by atoms with Gasteiger partial charge in [0.1, 0.15) is 0 Å². The third kappa shape index (κ3) is 3.29. The van der Waals surface area contributed by atoms with Crippen molar-refractivity contribution in [2.75, 3.05) is 5.75 Å². The van der Waals surface area contributed by atoms with Crippen LogP contribution in [0.4, 0.5) is 0 Å². The van der Waals surface area contributed by atoms with Crippen LogP contribution in [0, 0.1) is 0 Å². The van der Waals surface area contributed by atoms with Gasteiger partial charge in [0.15, 0.2) is 0 Å². The number of nitrogens with one attached hydrogen (secondary N) is 1. The highest BCUT2D eigenvalue weighted by atomic mass is 32.2. The Morgan fingerprint density at radius 2 is 1.95 bits per heavy atom. The summed E-state index contributed by atoms with van der Waals surface area (Å²) in [6.45, 7) is 4.69. The van der Waals surface area contributed by atoms with Crippen molar-refractivity contribution in [2.24, 2.45) is 5.84 Å². The van der Waals surface area contributed by atoms with Crippen molar-refractivity contribution in [3.63, 3.8) is 0 Å². The second-order valence-corrected chi connectivity index (χ2v) is 9.35. The van der Waals surface area contributed by atoms with Gasteiger partial charge in [-0.15, -0.1) is 0 Å². The van der Waals surface area contributed by atoms with Gasteiger partial charge in [-0.25, -0.2) is 0 Å². The molecule has 4 heteroatoms. The lowest BCUT2D eigenvalue weighted by atomic mass is 9.77. The second kappa shape index (κ2) is 6.95. The minimum atomic E-state index is 0.272. The first-order valence-corrected chi connectivity index (χ1v) is 10.0. The van der Waals surface area contributed by atoms with E-state index in [-0.39, 0.29) is 6.04 Å². The third-order valence-corrected chi connectivity index (χ3v) is 8.50. The number of rotatable bonds is 4. The van der Waals surface area contributed by atoms with Crippen molar-refractivity contribution in [2.45, 2.75) is 60.8 Å². The summed E-state index contributed by atoms with van der Waals surface area (Å²) < 4.78 is 0. The van der Waals surface area contributed by atoms with Gasteiger partial charge in [0, 0.05) is 21.5 Å². The number of hydrogen-bond acceptors (Lipinski definition) is 4. The number of nitrogens with two attached hydrogens (primary N) is 1. The van der Waals surface area contributed by atoms with E-state index in [1.165, 1.54) is 36.1 Å². The number of hydrogen-bond donors (Lipinski definition) is 2. The average molecular weight is 323 g/mol. The Labute approximate surface area is 137 Å². The Hall–Kier alpha value is -0.160. The van der Waals surface area contributed by atoms with Crippen LogP contribution in [-0.4, -0.2) is 21.5 Å². The van der Waals surface area contributed by atoms with E-state index < -0.39 is 0 Å². The topological polar surface area (TPSA) is 38.0 Å². The van der Waals surface area contributed by atoms with Crippen LogP contribution in [0.1, 0.15) is 56.2 Å². The molecule has 2 fully saturated rings. The van der Waals surface area contributed by atoms with Crippen LogP contribution in [-0.2, 0) is 0 Å². The van der Waals surface area contributed by atoms with Crippen molar-refractivity contribution in [1.82, 2.24) is 5.43 Å². The largest absolute Gasteiger partial charge is 0.271 e. The molecule has 4 unspecified atom stereocenters. The summed E-state index contributed by atoms with van der Waals surface area (Å²) in [5.41, 5.74) is 6.10. The Kier molecular flexibility index (Phi) is 5.20. The maximum absolute atomic E-state index is 5.97. The summed E-state index contributed by atoms with van der Waals surface area (Å²) in [6, 6.07) is 9.21. The van der Waals surface area contributed by atoms with Crippen molar-refractivity contribution in [1.29, 1.82) is 0 Å². The maximum Gasteiger partial charge on any atom is 0.0589 e. The first-order valence-electron chi connectivity index (χ1n) is 8.02. The lowest BCUT2D eigenvalue weighted by Gasteiger charge is -2.38. The van der Waals surface area contributed by atoms with Gasteiger partial charge in [-0.1, -0.05) is 44.5 Å². The molecule has 3 N–H and O–H groups in total. The van der Waals surface area contributed by atoms with Gasteiger partial charge < -0.3 is 0 Å². The molecule has 4 atom stereocenters. The van der Waals surface area contributed by atoms with Crippen molar-refractivity contribution in [3.05, 3.63) is 35.4 Å². The molecule has 2 aliphatic rings. The third-order valence-electron chi connectivity index (χ3n) is 5.00. The Morgan fingerprint density at radius 3 is 2.57 bits per heavy atom. The molecule has 1 saturated carbocycles. The van der Waals surface area contributed by atoms with Crippen LogP contribution in [0.3, 0.4) is 0 Å². The molecule has 1 heterocycles. The highest BCUT2D eigenvalue weighted by Crippen LogP contribution is 2.44. The molecule has 1 aromatic rings. The molecule has 2 nitrogen and oxygen atoms in total. The molecule has 1 aliphatic heterocycles. The molecule has 0 spiro atoms. The maximum atomic E-state index is 5.97. The SMILES string of the molecule is CC1SCC(C(NN)c2ccccc2C2CCC2)SC1C. The first-order chi connectivity index (χ1) is 10.2. The van der Waals surface area contributed by atoms with Gasteiger partial charge in [0.25, 0.3) is 0 Å². The zero-order valence-corrected chi connectivity index (χ0v) is 14.6. The molecular formula is C17H26N2S2. The lowest BCUT2D eigenvalue weighted by Crippen LogP contribution is -2.40.